The van der Waals surface area contributed by atoms with Crippen molar-refractivity contribution in [3.05, 3.63) is 34.4 Å². The van der Waals surface area contributed by atoms with E-state index in [2.05, 4.69) is 13.8 Å². The fraction of sp³-hybridized carbons (Fsp3) is 0.861. The first-order chi connectivity index (χ1) is 23.2. The largest absolute Gasteiger partial charge is 0.431 e. The van der Waals surface area contributed by atoms with Gasteiger partial charge in [-0.2, -0.15) is 0 Å². The van der Waals surface area contributed by atoms with Crippen molar-refractivity contribution in [3.63, 3.8) is 0 Å². The molecule has 0 radical (unpaired) electrons. The van der Waals surface area contributed by atoms with E-state index in [0.717, 1.165) is 63.4 Å². The van der Waals surface area contributed by atoms with Crippen LogP contribution in [0.5, 0.6) is 0 Å². The lowest BCUT2D eigenvalue weighted by atomic mass is 9.43. The van der Waals surface area contributed by atoms with Gasteiger partial charge in [-0.25, -0.2) is 4.79 Å². The number of rotatable bonds is 6. The molecule has 13 nitrogen and oxygen atoms in total. The monoisotopic (exact) mass is 694 g/mol. The van der Waals surface area contributed by atoms with E-state index in [1.165, 1.54) is 6.07 Å². The van der Waals surface area contributed by atoms with Crippen molar-refractivity contribution in [1.29, 1.82) is 0 Å². The molecule has 0 unspecified atom stereocenters. The first kappa shape index (κ1) is 35.9. The summed E-state index contributed by atoms with van der Waals surface area (Å²) < 4.78 is 28.8. The number of fused-ring (bicyclic) bond motifs is 5. The molecule has 0 bridgehead atoms. The maximum atomic E-state index is 12.5. The van der Waals surface area contributed by atoms with E-state index in [4.69, 9.17) is 23.4 Å². The molecule has 4 aliphatic carbocycles. The molecule has 7 rings (SSSR count). The van der Waals surface area contributed by atoms with Crippen molar-refractivity contribution < 1.29 is 59.1 Å². The van der Waals surface area contributed by atoms with Crippen LogP contribution in [0.15, 0.2) is 27.6 Å². The highest BCUT2D eigenvalue weighted by molar-refractivity contribution is 5.27. The van der Waals surface area contributed by atoms with Crippen LogP contribution in [0.3, 0.4) is 0 Å². The predicted molar refractivity (Wildman–Crippen MR) is 171 cm³/mol. The van der Waals surface area contributed by atoms with Crippen molar-refractivity contribution in [1.82, 2.24) is 0 Å². The summed E-state index contributed by atoms with van der Waals surface area (Å²) in [4.78, 5) is 11.6. The molecular formula is C36H54O13. The van der Waals surface area contributed by atoms with Crippen LogP contribution in [0.25, 0.3) is 0 Å². The van der Waals surface area contributed by atoms with Crippen molar-refractivity contribution in [3.8, 4) is 0 Å². The van der Waals surface area contributed by atoms with E-state index in [0.29, 0.717) is 11.8 Å². The normalized spacial score (nSPS) is 53.0. The van der Waals surface area contributed by atoms with Gasteiger partial charge in [0.25, 0.3) is 0 Å². The molecule has 2 saturated heterocycles. The van der Waals surface area contributed by atoms with E-state index in [1.54, 1.807) is 13.2 Å². The summed E-state index contributed by atoms with van der Waals surface area (Å²) in [5.74, 6) is 1.06. The van der Waals surface area contributed by atoms with Crippen LogP contribution in [0.4, 0.5) is 0 Å². The molecule has 276 valence electrons. The van der Waals surface area contributed by atoms with Crippen LogP contribution in [0, 0.1) is 28.6 Å². The van der Waals surface area contributed by atoms with Crippen molar-refractivity contribution >= 4 is 0 Å². The van der Waals surface area contributed by atoms with Crippen LogP contribution in [-0.2, 0) is 18.9 Å². The lowest BCUT2D eigenvalue weighted by molar-refractivity contribution is -0.360. The Morgan fingerprint density at radius 2 is 1.55 bits per heavy atom. The van der Waals surface area contributed by atoms with Gasteiger partial charge in [0.05, 0.1) is 30.7 Å². The number of aliphatic hydroxyl groups excluding tert-OH is 6. The lowest BCUT2D eigenvalue weighted by Crippen LogP contribution is -2.64. The maximum absolute atomic E-state index is 12.5. The lowest BCUT2D eigenvalue weighted by Gasteiger charge is -2.63. The average molecular weight is 695 g/mol. The Bertz CT molecular complexity index is 1370. The minimum atomic E-state index is -1.66. The summed E-state index contributed by atoms with van der Waals surface area (Å²) >= 11 is 0. The highest BCUT2D eigenvalue weighted by Crippen LogP contribution is 2.70. The quantitative estimate of drug-likeness (QED) is 0.207. The van der Waals surface area contributed by atoms with Gasteiger partial charge in [-0.1, -0.05) is 13.8 Å². The molecule has 49 heavy (non-hydrogen) atoms. The summed E-state index contributed by atoms with van der Waals surface area (Å²) in [6, 6.07) is 3.34. The summed E-state index contributed by atoms with van der Waals surface area (Å²) in [6.07, 6.45) is -4.26. The third-order valence-corrected chi connectivity index (χ3v) is 14.2. The number of hydrogen-bond donors (Lipinski definition) is 7. The highest BCUT2D eigenvalue weighted by Gasteiger charge is 2.67. The second-order valence-electron chi connectivity index (χ2n) is 16.4. The zero-order chi connectivity index (χ0) is 35.0. The molecule has 0 spiro atoms. The number of ether oxygens (including phenoxy) is 4. The minimum Gasteiger partial charge on any atom is -0.431 e. The zero-order valence-electron chi connectivity index (χ0n) is 28.5. The smallest absolute Gasteiger partial charge is 0.335 e. The summed E-state index contributed by atoms with van der Waals surface area (Å²) in [6.45, 7) is 5.63. The third kappa shape index (κ3) is 5.76. The second kappa shape index (κ2) is 13.2. The Morgan fingerprint density at radius 3 is 2.27 bits per heavy atom. The van der Waals surface area contributed by atoms with Gasteiger partial charge >= 0.3 is 5.63 Å². The fourth-order valence-electron chi connectivity index (χ4n) is 11.2. The molecule has 6 aliphatic rings. The molecular weight excluding hydrogens is 640 g/mol. The number of aliphatic hydroxyl groups is 7. The molecule has 6 fully saturated rings. The summed E-state index contributed by atoms with van der Waals surface area (Å²) in [7, 11) is 0. The Kier molecular flexibility index (Phi) is 9.65. The maximum Gasteiger partial charge on any atom is 0.335 e. The van der Waals surface area contributed by atoms with Gasteiger partial charge in [-0.3, -0.25) is 0 Å². The van der Waals surface area contributed by atoms with Crippen LogP contribution < -0.4 is 5.63 Å². The van der Waals surface area contributed by atoms with Crippen molar-refractivity contribution in [2.45, 2.75) is 158 Å². The molecule has 4 saturated carbocycles. The Labute approximate surface area is 286 Å². The van der Waals surface area contributed by atoms with Gasteiger partial charge in [0, 0.05) is 11.5 Å². The van der Waals surface area contributed by atoms with Gasteiger partial charge in [-0.15, -0.1) is 0 Å². The van der Waals surface area contributed by atoms with Gasteiger partial charge in [-0.05, 0) is 105 Å². The highest BCUT2D eigenvalue weighted by atomic mass is 16.7. The van der Waals surface area contributed by atoms with E-state index in [9.17, 15) is 40.5 Å². The molecule has 7 N–H and O–H groups in total. The number of hydrogen-bond acceptors (Lipinski definition) is 13. The van der Waals surface area contributed by atoms with Gasteiger partial charge in [0.1, 0.15) is 42.7 Å². The molecule has 13 heteroatoms. The molecule has 3 heterocycles. The standard InChI is InChI=1S/C36H54O13/c1-17-31(49-33-29(42)27(40)26(39)24(15-37)48-33)28(41)30(43)32(46-17)47-20-8-11-34(2)19(14-20)5-6-23-22(34)9-12-35(3)21(10-13-36(23,35)44)18-4-7-25(38)45-16-18/h4,7,16-17,19-24,26-33,37,39-44H,5-6,8-15H2,1-3H3/t17-,19-,20-,21+,22-,23+,24+,26+,27-,28-,29+,30+,31-,32-,33-,34-,35+,36-/m0/s1. The third-order valence-electron chi connectivity index (χ3n) is 14.2. The van der Waals surface area contributed by atoms with Gasteiger partial charge < -0.3 is 59.1 Å². The summed E-state index contributed by atoms with van der Waals surface area (Å²) in [5, 5.41) is 74.8. The average Bonchev–Trinajstić information content (AvgIpc) is 3.36. The Hall–Kier alpha value is -1.49. The summed E-state index contributed by atoms with van der Waals surface area (Å²) in [5.41, 5.74) is -0.433. The molecule has 0 aromatic carbocycles. The zero-order valence-corrected chi connectivity index (χ0v) is 28.5. The van der Waals surface area contributed by atoms with E-state index >= 15 is 0 Å². The molecule has 0 amide bonds. The molecule has 18 atom stereocenters. The Morgan fingerprint density at radius 1 is 0.816 bits per heavy atom. The predicted octanol–water partition coefficient (Wildman–Crippen LogP) is 0.918. The molecule has 1 aromatic rings. The Balaban J connectivity index is 0.983. The van der Waals surface area contributed by atoms with Crippen molar-refractivity contribution in [2.24, 2.45) is 28.6 Å². The second-order valence-corrected chi connectivity index (χ2v) is 16.4. The first-order valence-electron chi connectivity index (χ1n) is 18.2. The van der Waals surface area contributed by atoms with Gasteiger partial charge in [0.2, 0.25) is 0 Å². The van der Waals surface area contributed by atoms with Crippen LogP contribution in [0.2, 0.25) is 0 Å². The topological polar surface area (TPSA) is 209 Å². The first-order valence-corrected chi connectivity index (χ1v) is 18.2. The SMILES string of the molecule is C[C@@H]1O[C@@H](O[C@H]2CC[C@@]3(C)[C@@H](CC[C@@H]4[C@@H]3CC[C@]3(C)[C@@H](c5ccc(=O)oc5)CC[C@]43O)C2)[C@H](O)[C@H](O)[C@H]1O[C@@H]1O[C@H](CO)[C@@H](O)[C@H](O)[C@H]1O. The van der Waals surface area contributed by atoms with Crippen LogP contribution in [-0.4, -0.2) is 115 Å². The van der Waals surface area contributed by atoms with E-state index in [-0.39, 0.29) is 34.4 Å². The van der Waals surface area contributed by atoms with E-state index in [1.807, 2.05) is 6.07 Å². The van der Waals surface area contributed by atoms with Crippen molar-refractivity contribution in [2.75, 3.05) is 6.61 Å². The minimum absolute atomic E-state index is 0.0284. The van der Waals surface area contributed by atoms with Crippen LogP contribution in [0.1, 0.15) is 90.0 Å². The van der Waals surface area contributed by atoms with Crippen LogP contribution >= 0.6 is 0 Å². The molecule has 2 aliphatic heterocycles. The molecule has 1 aromatic heterocycles. The van der Waals surface area contributed by atoms with E-state index < -0.39 is 73.6 Å². The van der Waals surface area contributed by atoms with Gasteiger partial charge in [0.15, 0.2) is 12.6 Å². The fourth-order valence-corrected chi connectivity index (χ4v) is 11.2.